The summed E-state index contributed by atoms with van der Waals surface area (Å²) in [4.78, 5) is 14.1. The second-order valence-corrected chi connectivity index (χ2v) is 3.42. The number of hydrogen-bond acceptors (Lipinski definition) is 3. The van der Waals surface area contributed by atoms with Crippen molar-refractivity contribution in [3.8, 4) is 0 Å². The zero-order valence-electron chi connectivity index (χ0n) is 8.76. The van der Waals surface area contributed by atoms with E-state index < -0.39 is 0 Å². The summed E-state index contributed by atoms with van der Waals surface area (Å²) >= 11 is 0. The Hall–Kier alpha value is -1.29. The zero-order valence-corrected chi connectivity index (χ0v) is 8.76. The predicted octanol–water partition coefficient (Wildman–Crippen LogP) is 1.30. The van der Waals surface area contributed by atoms with Crippen molar-refractivity contribution >= 4 is 5.97 Å². The average molecular weight is 196 g/mol. The maximum atomic E-state index is 11.1. The minimum Gasteiger partial charge on any atom is -0.464 e. The molecule has 14 heavy (non-hydrogen) atoms. The monoisotopic (exact) mass is 196 g/mol. The van der Waals surface area contributed by atoms with E-state index in [4.69, 9.17) is 0 Å². The molecule has 78 valence electrons. The van der Waals surface area contributed by atoms with E-state index in [0.29, 0.717) is 11.7 Å². The summed E-state index contributed by atoms with van der Waals surface area (Å²) in [5.74, 6) is -0.333. The summed E-state index contributed by atoms with van der Waals surface area (Å²) in [6, 6.07) is 4.03. The first-order valence-corrected chi connectivity index (χ1v) is 4.63. The highest BCUT2D eigenvalue weighted by Crippen LogP contribution is 2.03. The Morgan fingerprint density at radius 2 is 2.29 bits per heavy atom. The lowest BCUT2D eigenvalue weighted by molar-refractivity contribution is 0.0594. The van der Waals surface area contributed by atoms with Crippen LogP contribution in [0.25, 0.3) is 0 Å². The first-order chi connectivity index (χ1) is 6.63. The van der Waals surface area contributed by atoms with Crippen LogP contribution in [0.1, 0.15) is 30.0 Å². The second-order valence-electron chi connectivity index (χ2n) is 3.42. The van der Waals surface area contributed by atoms with E-state index in [9.17, 15) is 4.79 Å². The maximum absolute atomic E-state index is 11.1. The Balaban J connectivity index is 2.55. The number of carbonyl (C=O) groups is 1. The van der Waals surface area contributed by atoms with Crippen LogP contribution in [0.15, 0.2) is 12.1 Å². The Morgan fingerprint density at radius 3 is 2.86 bits per heavy atom. The molecule has 4 heteroatoms. The molecule has 1 aromatic heterocycles. The molecular weight excluding hydrogens is 180 g/mol. The van der Waals surface area contributed by atoms with Crippen molar-refractivity contribution in [2.45, 2.75) is 26.4 Å². The number of nitrogens with one attached hydrogen (secondary N) is 2. The molecule has 0 bridgehead atoms. The Morgan fingerprint density at radius 1 is 1.57 bits per heavy atom. The quantitative estimate of drug-likeness (QED) is 0.714. The molecule has 0 unspecified atom stereocenters. The molecule has 0 aliphatic rings. The number of H-pyrrole nitrogens is 1. The minimum atomic E-state index is -0.333. The highest BCUT2D eigenvalue weighted by Gasteiger charge is 2.07. The van der Waals surface area contributed by atoms with Crippen molar-refractivity contribution < 1.29 is 9.53 Å². The van der Waals surface area contributed by atoms with Gasteiger partial charge in [-0.05, 0) is 12.1 Å². The normalized spacial score (nSPS) is 10.6. The third-order valence-corrected chi connectivity index (χ3v) is 1.85. The summed E-state index contributed by atoms with van der Waals surface area (Å²) in [7, 11) is 1.37. The van der Waals surface area contributed by atoms with E-state index in [1.807, 2.05) is 6.07 Å². The van der Waals surface area contributed by atoms with Gasteiger partial charge >= 0.3 is 5.97 Å². The van der Waals surface area contributed by atoms with Gasteiger partial charge in [-0.15, -0.1) is 0 Å². The average Bonchev–Trinajstić information content (AvgIpc) is 2.62. The van der Waals surface area contributed by atoms with Crippen molar-refractivity contribution in [1.82, 2.24) is 10.3 Å². The van der Waals surface area contributed by atoms with Crippen LogP contribution in [-0.4, -0.2) is 24.1 Å². The largest absolute Gasteiger partial charge is 0.464 e. The van der Waals surface area contributed by atoms with Crippen LogP contribution < -0.4 is 5.32 Å². The van der Waals surface area contributed by atoms with Gasteiger partial charge in [0.1, 0.15) is 5.69 Å². The molecule has 1 rings (SSSR count). The van der Waals surface area contributed by atoms with Crippen LogP contribution in [0.3, 0.4) is 0 Å². The van der Waals surface area contributed by atoms with Gasteiger partial charge in [-0.2, -0.15) is 0 Å². The van der Waals surface area contributed by atoms with Crippen LogP contribution in [0.2, 0.25) is 0 Å². The number of methoxy groups -OCH3 is 1. The standard InChI is InChI=1S/C10H16N2O2/c1-7(2)11-6-8-4-5-9(12-8)10(13)14-3/h4-5,7,11-12H,6H2,1-3H3. The third kappa shape index (κ3) is 2.88. The molecule has 0 aliphatic carbocycles. The Bertz CT molecular complexity index is 305. The minimum absolute atomic E-state index is 0.333. The molecule has 4 nitrogen and oxygen atoms in total. The summed E-state index contributed by atoms with van der Waals surface area (Å²) in [5, 5.41) is 3.25. The summed E-state index contributed by atoms with van der Waals surface area (Å²) < 4.78 is 4.58. The molecule has 0 aromatic carbocycles. The van der Waals surface area contributed by atoms with Gasteiger partial charge in [0, 0.05) is 18.3 Å². The van der Waals surface area contributed by atoms with Gasteiger partial charge in [-0.1, -0.05) is 13.8 Å². The lowest BCUT2D eigenvalue weighted by atomic mass is 10.3. The van der Waals surface area contributed by atoms with E-state index in [0.717, 1.165) is 12.2 Å². The van der Waals surface area contributed by atoms with Crippen LogP contribution in [0, 0.1) is 0 Å². The van der Waals surface area contributed by atoms with Crippen molar-refractivity contribution in [2.24, 2.45) is 0 Å². The summed E-state index contributed by atoms with van der Waals surface area (Å²) in [5.41, 5.74) is 1.48. The number of carbonyl (C=O) groups excluding carboxylic acids is 1. The van der Waals surface area contributed by atoms with Crippen LogP contribution in [0.4, 0.5) is 0 Å². The van der Waals surface area contributed by atoms with Gasteiger partial charge in [-0.25, -0.2) is 4.79 Å². The number of aromatic amines is 1. The van der Waals surface area contributed by atoms with E-state index >= 15 is 0 Å². The molecule has 0 saturated heterocycles. The van der Waals surface area contributed by atoms with Gasteiger partial charge < -0.3 is 15.0 Å². The fourth-order valence-corrected chi connectivity index (χ4v) is 1.09. The van der Waals surface area contributed by atoms with Crippen LogP contribution in [0.5, 0.6) is 0 Å². The number of hydrogen-bond donors (Lipinski definition) is 2. The summed E-state index contributed by atoms with van der Waals surface area (Å²) in [6.07, 6.45) is 0. The molecular formula is C10H16N2O2. The summed E-state index contributed by atoms with van der Waals surface area (Å²) in [6.45, 7) is 4.88. The van der Waals surface area contributed by atoms with E-state index in [2.05, 4.69) is 28.9 Å². The van der Waals surface area contributed by atoms with Gasteiger partial charge in [-0.3, -0.25) is 0 Å². The van der Waals surface area contributed by atoms with Crippen LogP contribution in [-0.2, 0) is 11.3 Å². The zero-order chi connectivity index (χ0) is 10.6. The highest BCUT2D eigenvalue weighted by molar-refractivity contribution is 5.87. The van der Waals surface area contributed by atoms with Crippen molar-refractivity contribution in [3.05, 3.63) is 23.5 Å². The van der Waals surface area contributed by atoms with Gasteiger partial charge in [0.15, 0.2) is 0 Å². The van der Waals surface area contributed by atoms with Crippen molar-refractivity contribution in [1.29, 1.82) is 0 Å². The smallest absolute Gasteiger partial charge is 0.354 e. The number of rotatable bonds is 4. The molecule has 0 saturated carbocycles. The Labute approximate surface area is 83.7 Å². The second kappa shape index (κ2) is 4.81. The topological polar surface area (TPSA) is 54.1 Å². The fraction of sp³-hybridized carbons (Fsp3) is 0.500. The molecule has 1 aromatic rings. The van der Waals surface area contributed by atoms with Crippen LogP contribution >= 0.6 is 0 Å². The lowest BCUT2D eigenvalue weighted by Crippen LogP contribution is -2.22. The SMILES string of the molecule is COC(=O)c1ccc(CNC(C)C)[nH]1. The number of ether oxygens (including phenoxy) is 1. The van der Waals surface area contributed by atoms with E-state index in [1.165, 1.54) is 7.11 Å². The predicted molar refractivity (Wildman–Crippen MR) is 54.1 cm³/mol. The van der Waals surface area contributed by atoms with E-state index in [-0.39, 0.29) is 5.97 Å². The molecule has 0 radical (unpaired) electrons. The Kier molecular flexibility index (Phi) is 3.71. The van der Waals surface area contributed by atoms with Gasteiger partial charge in [0.2, 0.25) is 0 Å². The number of esters is 1. The number of aromatic nitrogens is 1. The molecule has 0 atom stereocenters. The highest BCUT2D eigenvalue weighted by atomic mass is 16.5. The lowest BCUT2D eigenvalue weighted by Gasteiger charge is -2.05. The maximum Gasteiger partial charge on any atom is 0.354 e. The first kappa shape index (κ1) is 10.8. The molecule has 2 N–H and O–H groups in total. The van der Waals surface area contributed by atoms with Gasteiger partial charge in [0.05, 0.1) is 7.11 Å². The first-order valence-electron chi connectivity index (χ1n) is 4.63. The third-order valence-electron chi connectivity index (χ3n) is 1.85. The van der Waals surface area contributed by atoms with Gasteiger partial charge in [0.25, 0.3) is 0 Å². The molecule has 0 aliphatic heterocycles. The fourth-order valence-electron chi connectivity index (χ4n) is 1.09. The van der Waals surface area contributed by atoms with Crippen molar-refractivity contribution in [3.63, 3.8) is 0 Å². The van der Waals surface area contributed by atoms with Crippen molar-refractivity contribution in [2.75, 3.05) is 7.11 Å². The molecule has 0 amide bonds. The molecule has 0 spiro atoms. The molecule has 0 fully saturated rings. The molecule has 1 heterocycles. The van der Waals surface area contributed by atoms with E-state index in [1.54, 1.807) is 6.07 Å².